The average Bonchev–Trinajstić information content (AvgIpc) is 2.17. The van der Waals surface area contributed by atoms with Crippen LogP contribution in [0.2, 0.25) is 0 Å². The van der Waals surface area contributed by atoms with Crippen molar-refractivity contribution in [1.82, 2.24) is 9.78 Å². The first-order chi connectivity index (χ1) is 4.33. The molecule has 4 heteroatoms. The van der Waals surface area contributed by atoms with E-state index < -0.39 is 0 Å². The number of nitrogens with zero attached hydrogens (tertiary/aromatic N) is 2. The van der Waals surface area contributed by atoms with Crippen LogP contribution in [0.5, 0.6) is 0 Å². The summed E-state index contributed by atoms with van der Waals surface area (Å²) in [5.74, 6) is 0. The summed E-state index contributed by atoms with van der Waals surface area (Å²) in [6.45, 7) is 0.0146. The van der Waals surface area contributed by atoms with Crippen LogP contribution >= 0.6 is 22.6 Å². The molecule has 0 aromatic carbocycles. The fraction of sp³-hybridized carbons (Fsp3) is 0.400. The Morgan fingerprint density at radius 2 is 2.56 bits per heavy atom. The number of hydrogen-bond acceptors (Lipinski definition) is 1. The molecule has 0 aliphatic carbocycles. The maximum atomic E-state index is 11.6. The molecule has 0 saturated heterocycles. The molecule has 1 aromatic heterocycles. The highest BCUT2D eigenvalue weighted by Crippen LogP contribution is 2.00. The second-order valence-corrected chi connectivity index (χ2v) is 2.86. The van der Waals surface area contributed by atoms with Gasteiger partial charge in [-0.05, 0) is 22.6 Å². The van der Waals surface area contributed by atoms with Crippen LogP contribution in [0.25, 0.3) is 0 Å². The normalized spacial score (nSPS) is 10.0. The monoisotopic (exact) mass is 240 g/mol. The van der Waals surface area contributed by atoms with Crippen LogP contribution in [0.3, 0.4) is 0 Å². The Labute approximate surface area is 66.2 Å². The average molecular weight is 240 g/mol. The Morgan fingerprint density at radius 3 is 3.00 bits per heavy atom. The van der Waals surface area contributed by atoms with E-state index in [1.165, 1.54) is 0 Å². The van der Waals surface area contributed by atoms with E-state index >= 15 is 0 Å². The van der Waals surface area contributed by atoms with E-state index in [4.69, 9.17) is 0 Å². The number of aromatic nitrogens is 2. The summed E-state index contributed by atoms with van der Waals surface area (Å²) in [7, 11) is 0. The molecule has 50 valence electrons. The van der Waals surface area contributed by atoms with Gasteiger partial charge in [0.1, 0.15) is 6.67 Å². The molecule has 0 aliphatic heterocycles. The molecule has 0 aliphatic rings. The maximum Gasteiger partial charge on any atom is 0.109 e. The lowest BCUT2D eigenvalue weighted by molar-refractivity contribution is 0.427. The van der Waals surface area contributed by atoms with Gasteiger partial charge in [-0.25, -0.2) is 4.39 Å². The molecule has 0 radical (unpaired) electrons. The minimum absolute atomic E-state index is 0.349. The number of alkyl halides is 1. The van der Waals surface area contributed by atoms with Crippen LogP contribution < -0.4 is 0 Å². The topological polar surface area (TPSA) is 17.8 Å². The summed E-state index contributed by atoms with van der Waals surface area (Å²) in [6.07, 6.45) is 3.51. The second kappa shape index (κ2) is 3.14. The summed E-state index contributed by atoms with van der Waals surface area (Å²) in [6, 6.07) is 0. The molecule has 0 amide bonds. The van der Waals surface area contributed by atoms with Crippen molar-refractivity contribution in [2.45, 2.75) is 6.54 Å². The van der Waals surface area contributed by atoms with Gasteiger partial charge in [-0.3, -0.25) is 4.68 Å². The molecule has 0 saturated carbocycles. The minimum atomic E-state index is -0.349. The van der Waals surface area contributed by atoms with Crippen molar-refractivity contribution in [3.8, 4) is 0 Å². The van der Waals surface area contributed by atoms with Crippen molar-refractivity contribution in [1.29, 1.82) is 0 Å². The fourth-order valence-electron chi connectivity index (χ4n) is 0.547. The summed E-state index contributed by atoms with van der Waals surface area (Å²) < 4.78 is 14.3. The SMILES string of the molecule is FCCn1cc(I)cn1. The van der Waals surface area contributed by atoms with Gasteiger partial charge in [-0.2, -0.15) is 5.10 Å². The summed E-state index contributed by atoms with van der Waals surface area (Å²) in [5.41, 5.74) is 0. The van der Waals surface area contributed by atoms with Crippen LogP contribution in [0.4, 0.5) is 4.39 Å². The summed E-state index contributed by atoms with van der Waals surface area (Å²) in [5, 5.41) is 3.87. The smallest absolute Gasteiger partial charge is 0.109 e. The largest absolute Gasteiger partial charge is 0.269 e. The van der Waals surface area contributed by atoms with E-state index in [9.17, 15) is 4.39 Å². The molecular formula is C5H6FIN2. The first-order valence-corrected chi connectivity index (χ1v) is 3.64. The van der Waals surface area contributed by atoms with E-state index in [0.29, 0.717) is 6.54 Å². The van der Waals surface area contributed by atoms with Crippen LogP contribution in [-0.4, -0.2) is 16.5 Å². The van der Waals surface area contributed by atoms with Gasteiger partial charge in [0.15, 0.2) is 0 Å². The van der Waals surface area contributed by atoms with Gasteiger partial charge in [0.05, 0.1) is 16.3 Å². The summed E-state index contributed by atoms with van der Waals surface area (Å²) in [4.78, 5) is 0. The highest BCUT2D eigenvalue weighted by atomic mass is 127. The molecule has 1 aromatic rings. The molecule has 0 bridgehead atoms. The molecule has 0 unspecified atom stereocenters. The maximum absolute atomic E-state index is 11.6. The number of rotatable bonds is 2. The zero-order valence-corrected chi connectivity index (χ0v) is 6.88. The van der Waals surface area contributed by atoms with Gasteiger partial charge < -0.3 is 0 Å². The highest BCUT2D eigenvalue weighted by Gasteiger charge is 1.91. The van der Waals surface area contributed by atoms with Gasteiger partial charge in [0, 0.05) is 6.20 Å². The Hall–Kier alpha value is -0.130. The van der Waals surface area contributed by atoms with Crippen molar-refractivity contribution >= 4 is 22.6 Å². The molecule has 9 heavy (non-hydrogen) atoms. The molecule has 0 N–H and O–H groups in total. The van der Waals surface area contributed by atoms with Crippen LogP contribution in [0, 0.1) is 3.57 Å². The zero-order chi connectivity index (χ0) is 6.69. The fourth-order valence-corrected chi connectivity index (χ4v) is 0.993. The van der Waals surface area contributed by atoms with Gasteiger partial charge in [0.25, 0.3) is 0 Å². The van der Waals surface area contributed by atoms with Crippen molar-refractivity contribution in [2.24, 2.45) is 0 Å². The first-order valence-electron chi connectivity index (χ1n) is 2.57. The number of halogens is 2. The highest BCUT2D eigenvalue weighted by molar-refractivity contribution is 14.1. The Morgan fingerprint density at radius 1 is 1.78 bits per heavy atom. The lowest BCUT2D eigenvalue weighted by Gasteiger charge is -1.91. The zero-order valence-electron chi connectivity index (χ0n) is 4.72. The third-order valence-electron chi connectivity index (χ3n) is 0.915. The Kier molecular flexibility index (Phi) is 2.44. The second-order valence-electron chi connectivity index (χ2n) is 1.61. The van der Waals surface area contributed by atoms with E-state index in [1.54, 1.807) is 17.1 Å². The minimum Gasteiger partial charge on any atom is -0.269 e. The predicted octanol–water partition coefficient (Wildman–Crippen LogP) is 1.46. The van der Waals surface area contributed by atoms with Gasteiger partial charge in [0.2, 0.25) is 0 Å². The van der Waals surface area contributed by atoms with Gasteiger partial charge in [-0.1, -0.05) is 0 Å². The summed E-state index contributed by atoms with van der Waals surface area (Å²) >= 11 is 2.13. The Balaban J connectivity index is 2.61. The van der Waals surface area contributed by atoms with E-state index in [-0.39, 0.29) is 6.67 Å². The molecule has 0 atom stereocenters. The van der Waals surface area contributed by atoms with Crippen molar-refractivity contribution in [2.75, 3.05) is 6.67 Å². The predicted molar refractivity (Wildman–Crippen MR) is 40.9 cm³/mol. The van der Waals surface area contributed by atoms with Crippen LogP contribution in [0.15, 0.2) is 12.4 Å². The lowest BCUT2D eigenvalue weighted by atomic mass is 10.7. The Bertz CT molecular complexity index is 187. The molecular weight excluding hydrogens is 234 g/mol. The van der Waals surface area contributed by atoms with E-state index in [0.717, 1.165) is 3.57 Å². The van der Waals surface area contributed by atoms with E-state index in [2.05, 4.69) is 27.7 Å². The van der Waals surface area contributed by atoms with Crippen molar-refractivity contribution in [3.63, 3.8) is 0 Å². The molecule has 1 heterocycles. The van der Waals surface area contributed by atoms with Crippen molar-refractivity contribution in [3.05, 3.63) is 16.0 Å². The third kappa shape index (κ3) is 1.92. The first kappa shape index (κ1) is 6.98. The van der Waals surface area contributed by atoms with Crippen LogP contribution in [0.1, 0.15) is 0 Å². The molecule has 1 rings (SSSR count). The van der Waals surface area contributed by atoms with E-state index in [1.807, 2.05) is 0 Å². The quantitative estimate of drug-likeness (QED) is 0.715. The van der Waals surface area contributed by atoms with Gasteiger partial charge >= 0.3 is 0 Å². The number of hydrogen-bond donors (Lipinski definition) is 0. The van der Waals surface area contributed by atoms with Gasteiger partial charge in [-0.15, -0.1) is 0 Å². The van der Waals surface area contributed by atoms with Crippen LogP contribution in [-0.2, 0) is 6.54 Å². The molecule has 2 nitrogen and oxygen atoms in total. The third-order valence-corrected chi connectivity index (χ3v) is 1.47. The lowest BCUT2D eigenvalue weighted by Crippen LogP contribution is -1.98. The number of aryl methyl sites for hydroxylation is 1. The molecule has 0 spiro atoms. The molecule has 0 fully saturated rings. The standard InChI is InChI=1S/C5H6FIN2/c6-1-2-9-4-5(7)3-8-9/h3-4H,1-2H2. The van der Waals surface area contributed by atoms with Crippen molar-refractivity contribution < 1.29 is 4.39 Å².